The zero-order valence-corrected chi connectivity index (χ0v) is 27.9. The van der Waals surface area contributed by atoms with Crippen molar-refractivity contribution in [3.63, 3.8) is 0 Å². The van der Waals surface area contributed by atoms with Gasteiger partial charge in [0, 0.05) is 38.5 Å². The van der Waals surface area contributed by atoms with Crippen LogP contribution in [0.4, 0.5) is 10.5 Å². The lowest BCUT2D eigenvalue weighted by Gasteiger charge is -2.55. The average Bonchev–Trinajstić information content (AvgIpc) is 3.90. The minimum absolute atomic E-state index is 0.0468. The number of aromatic hydroxyl groups is 1. The van der Waals surface area contributed by atoms with Gasteiger partial charge in [-0.2, -0.15) is 0 Å². The number of phenols is 1. The Bertz CT molecular complexity index is 1790. The maximum atomic E-state index is 14.5. The van der Waals surface area contributed by atoms with E-state index >= 15 is 0 Å². The number of piperazine rings is 1. The number of phenolic OH excluding ortho intramolecular Hbond substituents is 1. The van der Waals surface area contributed by atoms with Crippen molar-refractivity contribution < 1.29 is 24.3 Å². The molecular formula is C37H40N6O5S. The second kappa shape index (κ2) is 13.6. The Labute approximate surface area is 292 Å². The first kappa shape index (κ1) is 31.5. The molecule has 0 aromatic heterocycles. The van der Waals surface area contributed by atoms with E-state index < -0.39 is 18.2 Å². The van der Waals surface area contributed by atoms with Gasteiger partial charge in [0.1, 0.15) is 24.9 Å². The van der Waals surface area contributed by atoms with Gasteiger partial charge >= 0.3 is 6.03 Å². The molecule has 4 amide bonds. The molecule has 2 saturated heterocycles. The molecule has 254 valence electrons. The molecule has 7 rings (SSSR count). The van der Waals surface area contributed by atoms with Gasteiger partial charge < -0.3 is 24.5 Å². The average molecular weight is 683 g/mol. The van der Waals surface area contributed by atoms with Crippen LogP contribution in [0.2, 0.25) is 0 Å². The van der Waals surface area contributed by atoms with Gasteiger partial charge in [0.25, 0.3) is 0 Å². The summed E-state index contributed by atoms with van der Waals surface area (Å²) >= 11 is 0.818. The Hall–Kier alpha value is -4.81. The molecule has 4 aliphatic rings. The molecule has 1 aliphatic carbocycles. The molecule has 49 heavy (non-hydrogen) atoms. The zero-order valence-electron chi connectivity index (χ0n) is 28.1. The number of ketones is 1. The third-order valence-corrected chi connectivity index (χ3v) is 10.2. The van der Waals surface area contributed by atoms with Crippen molar-refractivity contribution in [3.8, 4) is 5.75 Å². The number of carbonyl (C=O) groups is 4. The Kier molecular flexibility index (Phi) is 8.73. The smallest absolute Gasteiger partial charge is 0.334 e. The van der Waals surface area contributed by atoms with E-state index in [1.165, 1.54) is 0 Å². The fraction of sp³-hybridized carbons (Fsp3) is 0.351. The number of amides is 4. The van der Waals surface area contributed by atoms with Gasteiger partial charge in [0.05, 0.1) is 24.7 Å². The Morgan fingerprint density at radius 1 is 1.00 bits per heavy atom. The van der Waals surface area contributed by atoms with Crippen LogP contribution >= 0.6 is 12.7 Å². The number of carbonyl (C=O) groups excluding carboxylic acids is 4. The number of hydrogen-bond acceptors (Lipinski definition) is 8. The molecule has 3 atom stereocenters. The van der Waals surface area contributed by atoms with Crippen LogP contribution in [0.25, 0.3) is 0 Å². The first-order valence-electron chi connectivity index (χ1n) is 17.1. The molecule has 2 N–H and O–H groups in total. The van der Waals surface area contributed by atoms with Crippen LogP contribution in [0.15, 0.2) is 85.5 Å². The summed E-state index contributed by atoms with van der Waals surface area (Å²) in [6.07, 6.45) is 2.79. The molecule has 0 spiro atoms. The van der Waals surface area contributed by atoms with Crippen LogP contribution in [0.3, 0.4) is 0 Å². The van der Waals surface area contributed by atoms with Gasteiger partial charge in [-0.3, -0.25) is 14.4 Å². The number of rotatable bonds is 11. The third kappa shape index (κ3) is 6.50. The molecule has 3 aromatic carbocycles. The number of urea groups is 1. The topological polar surface area (TPSA) is 117 Å². The van der Waals surface area contributed by atoms with Crippen LogP contribution in [-0.4, -0.2) is 88.1 Å². The van der Waals surface area contributed by atoms with E-state index in [2.05, 4.69) is 11.9 Å². The lowest BCUT2D eigenvalue weighted by Crippen LogP contribution is -2.76. The number of para-hydroxylation sites is 1. The number of Topliss-reactive ketones (excluding diaryl/α,β-unsaturated/α-hetero) is 1. The van der Waals surface area contributed by atoms with E-state index in [1.54, 1.807) is 50.2 Å². The Morgan fingerprint density at radius 3 is 2.49 bits per heavy atom. The second-order valence-corrected chi connectivity index (χ2v) is 13.6. The van der Waals surface area contributed by atoms with Gasteiger partial charge in [0.2, 0.25) is 11.8 Å². The highest BCUT2D eigenvalue weighted by atomic mass is 32.1. The summed E-state index contributed by atoms with van der Waals surface area (Å²) < 4.78 is 10.0. The first-order valence-corrected chi connectivity index (χ1v) is 17.0. The summed E-state index contributed by atoms with van der Waals surface area (Å²) in [7, 11) is 0. The van der Waals surface area contributed by atoms with Crippen LogP contribution in [0.5, 0.6) is 5.75 Å². The summed E-state index contributed by atoms with van der Waals surface area (Å²) in [6, 6.07) is 20.5. The highest BCUT2D eigenvalue weighted by Gasteiger charge is 2.51. The van der Waals surface area contributed by atoms with E-state index in [9.17, 15) is 24.3 Å². The van der Waals surface area contributed by atoms with Crippen LogP contribution in [0.1, 0.15) is 41.0 Å². The fourth-order valence-corrected chi connectivity index (χ4v) is 7.71. The lowest BCUT2D eigenvalue weighted by molar-refractivity contribution is -0.189. The summed E-state index contributed by atoms with van der Waals surface area (Å²) in [6.45, 7) is 4.87. The van der Waals surface area contributed by atoms with Crippen molar-refractivity contribution in [1.82, 2.24) is 25.1 Å². The standard InChI is InChI=1S/C37H40N6O5S/c1-2-17-40-23-33(45)42-31(18-24-11-15-28(44)16-12-24)36(47)39(22-32(42)43(40)37(48)38-19-25-7-4-3-5-8-25)20-27-9-6-10-29-30(21-41(49)34(27)29)35(46)26-13-14-26/h2-12,15-16,26,30-32,44,49H,1,13-14,17-23H2,(H,38,48)/t30?,31-,32-/m0/s1/i49T. The maximum absolute atomic E-state index is 14.5. The number of hydrazine groups is 1. The van der Waals surface area contributed by atoms with Crippen molar-refractivity contribution in [3.05, 3.63) is 108 Å². The van der Waals surface area contributed by atoms with Gasteiger partial charge in [-0.05, 0) is 47.2 Å². The van der Waals surface area contributed by atoms with Crippen LogP contribution < -0.4 is 9.62 Å². The van der Waals surface area contributed by atoms with Crippen molar-refractivity contribution in [2.24, 2.45) is 5.92 Å². The highest BCUT2D eigenvalue weighted by Crippen LogP contribution is 2.45. The van der Waals surface area contributed by atoms with Crippen LogP contribution in [-0.2, 0) is 33.9 Å². The predicted molar refractivity (Wildman–Crippen MR) is 187 cm³/mol. The van der Waals surface area contributed by atoms with Crippen molar-refractivity contribution in [1.29, 1.82) is 1.12 Å². The van der Waals surface area contributed by atoms with Crippen LogP contribution in [0, 0.1) is 5.92 Å². The van der Waals surface area contributed by atoms with E-state index in [4.69, 9.17) is 1.12 Å². The molecule has 12 heteroatoms. The van der Waals surface area contributed by atoms with E-state index in [-0.39, 0.29) is 74.3 Å². The number of fused-ring (bicyclic) bond motifs is 2. The van der Waals surface area contributed by atoms with Gasteiger partial charge in [-0.1, -0.05) is 79.5 Å². The van der Waals surface area contributed by atoms with Gasteiger partial charge in [0.15, 0.2) is 0 Å². The van der Waals surface area contributed by atoms with E-state index in [1.807, 2.05) is 52.8 Å². The minimum Gasteiger partial charge on any atom is -0.508 e. The number of benzene rings is 3. The Morgan fingerprint density at radius 2 is 1.78 bits per heavy atom. The number of thiol groups is 1. The highest BCUT2D eigenvalue weighted by molar-refractivity contribution is 7.81. The molecule has 3 aromatic rings. The van der Waals surface area contributed by atoms with Crippen molar-refractivity contribution in [2.75, 3.05) is 30.5 Å². The molecule has 3 aliphatic heterocycles. The summed E-state index contributed by atoms with van der Waals surface area (Å²) in [5.74, 6) is -0.498. The first-order chi connectivity index (χ1) is 24.3. The largest absolute Gasteiger partial charge is 0.508 e. The molecule has 1 saturated carbocycles. The van der Waals surface area contributed by atoms with Crippen molar-refractivity contribution >= 4 is 42.0 Å². The molecule has 11 nitrogen and oxygen atoms in total. The number of nitrogens with one attached hydrogen (secondary N) is 1. The molecule has 1 unspecified atom stereocenters. The summed E-state index contributed by atoms with van der Waals surface area (Å²) in [5.41, 5.74) is 4.12. The second-order valence-electron chi connectivity index (χ2n) is 13.2. The molecule has 3 heterocycles. The summed E-state index contributed by atoms with van der Waals surface area (Å²) in [5, 5.41) is 16.1. The maximum Gasteiger partial charge on any atom is 0.334 e. The van der Waals surface area contributed by atoms with Gasteiger partial charge in [-0.25, -0.2) is 14.8 Å². The van der Waals surface area contributed by atoms with Gasteiger partial charge in [-0.15, -0.1) is 6.58 Å². The quantitative estimate of drug-likeness (QED) is 0.208. The van der Waals surface area contributed by atoms with E-state index in [0.717, 1.165) is 53.5 Å². The Balaban J connectivity index is 1.24. The third-order valence-electron chi connectivity index (χ3n) is 9.84. The normalized spacial score (nSPS) is 22.4. The number of hydrogen-bond donors (Lipinski definition) is 3. The minimum atomic E-state index is -0.927. The van der Waals surface area contributed by atoms with E-state index in [0.29, 0.717) is 6.54 Å². The SMILES string of the molecule is [3H]SN1CC(C(=O)C2CC2)c2cccc(CN3C[C@H]4N(C(=O)CN(CC=C)N4C(=O)NCc4ccccc4)[C@@H](Cc4ccc(O)cc4)C3=O)c21. The monoisotopic (exact) mass is 682 g/mol. The number of nitrogens with zero attached hydrogens (tertiary/aromatic N) is 5. The molecule has 0 radical (unpaired) electrons. The molecule has 3 fully saturated rings. The fourth-order valence-electron chi connectivity index (χ4n) is 7.33. The zero-order chi connectivity index (χ0) is 34.9. The molecular weight excluding hydrogens is 641 g/mol. The summed E-state index contributed by atoms with van der Waals surface area (Å²) in [4.78, 5) is 59.0. The number of anilines is 1. The predicted octanol–water partition coefficient (Wildman–Crippen LogP) is 3.86. The lowest BCUT2D eigenvalue weighted by atomic mass is 9.92. The molecule has 0 bridgehead atoms. The van der Waals surface area contributed by atoms with Crippen molar-refractivity contribution in [2.45, 2.75) is 50.5 Å².